The van der Waals surface area contributed by atoms with Gasteiger partial charge in [-0.1, -0.05) is 42.5 Å². The van der Waals surface area contributed by atoms with Crippen LogP contribution in [0.25, 0.3) is 22.0 Å². The molecule has 0 unspecified atom stereocenters. The summed E-state index contributed by atoms with van der Waals surface area (Å²) in [5, 5.41) is 2.48. The second-order valence-corrected chi connectivity index (χ2v) is 7.99. The minimum absolute atomic E-state index is 0.481. The van der Waals surface area contributed by atoms with Gasteiger partial charge in [0.25, 0.3) is 0 Å². The van der Waals surface area contributed by atoms with E-state index in [1.54, 1.807) is 18.6 Å². The molecule has 1 aliphatic rings. The third-order valence-electron chi connectivity index (χ3n) is 5.93. The Hall–Kier alpha value is -3.44. The first-order chi connectivity index (χ1) is 15.3. The van der Waals surface area contributed by atoms with Crippen LogP contribution in [0.2, 0.25) is 0 Å². The largest absolute Gasteiger partial charge is 0.489 e. The van der Waals surface area contributed by atoms with Crippen molar-refractivity contribution in [3.8, 4) is 17.0 Å². The van der Waals surface area contributed by atoms with E-state index >= 15 is 0 Å². The average molecular weight is 411 g/mol. The summed E-state index contributed by atoms with van der Waals surface area (Å²) in [5.41, 5.74) is 4.29. The molecule has 0 bridgehead atoms. The van der Waals surface area contributed by atoms with Crippen molar-refractivity contribution < 1.29 is 4.74 Å². The molecule has 1 saturated heterocycles. The molecule has 0 atom stereocenters. The van der Waals surface area contributed by atoms with Gasteiger partial charge < -0.3 is 14.5 Å². The number of hydrogen-bond acceptors (Lipinski definition) is 5. The maximum absolute atomic E-state index is 6.25. The molecule has 0 spiro atoms. The molecule has 1 aliphatic heterocycles. The Morgan fingerprint density at radius 3 is 2.61 bits per heavy atom. The van der Waals surface area contributed by atoms with E-state index in [1.165, 1.54) is 16.5 Å². The predicted molar refractivity (Wildman–Crippen MR) is 125 cm³/mol. The molecule has 0 aliphatic carbocycles. The lowest BCUT2D eigenvalue weighted by Gasteiger charge is -2.34. The second-order valence-electron chi connectivity index (χ2n) is 7.99. The number of hydrogen-bond donors (Lipinski definition) is 0. The Balaban J connectivity index is 1.40. The Morgan fingerprint density at radius 2 is 1.77 bits per heavy atom. The van der Waals surface area contributed by atoms with Crippen LogP contribution in [0.3, 0.4) is 0 Å². The lowest BCUT2D eigenvalue weighted by atomic mass is 10.1. The number of likely N-dealkylation sites (N-methyl/N-ethyl adjacent to an activating group) is 1. The summed E-state index contributed by atoms with van der Waals surface area (Å²) in [6.45, 7) is 4.75. The van der Waals surface area contributed by atoms with Gasteiger partial charge in [-0.25, -0.2) is 0 Å². The Kier molecular flexibility index (Phi) is 5.50. The number of nitrogens with zero attached hydrogens (tertiary/aromatic N) is 4. The molecule has 0 amide bonds. The molecule has 0 N–H and O–H groups in total. The van der Waals surface area contributed by atoms with Crippen molar-refractivity contribution in [3.05, 3.63) is 84.8 Å². The van der Waals surface area contributed by atoms with E-state index < -0.39 is 0 Å². The zero-order valence-corrected chi connectivity index (χ0v) is 17.7. The first-order valence-corrected chi connectivity index (χ1v) is 10.7. The van der Waals surface area contributed by atoms with Crippen molar-refractivity contribution in [1.29, 1.82) is 0 Å². The molecular weight excluding hydrogens is 384 g/mol. The van der Waals surface area contributed by atoms with E-state index in [4.69, 9.17) is 4.74 Å². The third kappa shape index (κ3) is 4.23. The Bertz CT molecular complexity index is 1170. The highest BCUT2D eigenvalue weighted by Crippen LogP contribution is 2.31. The van der Waals surface area contributed by atoms with Crippen molar-refractivity contribution in [2.75, 3.05) is 38.1 Å². The molecule has 5 heteroatoms. The van der Waals surface area contributed by atoms with Crippen molar-refractivity contribution in [2.24, 2.45) is 0 Å². The normalized spacial score (nSPS) is 14.7. The number of benzene rings is 3. The zero-order valence-electron chi connectivity index (χ0n) is 17.7. The fraction of sp³-hybridized carbons (Fsp3) is 0.231. The SMILES string of the molecule is CN1CCN(c2cccc3ccc(OCc4ccccc4-c4cnccn4)cc23)CC1. The lowest BCUT2D eigenvalue weighted by Crippen LogP contribution is -2.44. The van der Waals surface area contributed by atoms with Gasteiger partial charge in [-0.3, -0.25) is 9.97 Å². The molecule has 2 heterocycles. The summed E-state index contributed by atoms with van der Waals surface area (Å²) in [4.78, 5) is 13.5. The van der Waals surface area contributed by atoms with E-state index in [9.17, 15) is 0 Å². The average Bonchev–Trinajstić information content (AvgIpc) is 2.83. The maximum Gasteiger partial charge on any atom is 0.120 e. The van der Waals surface area contributed by atoms with Crippen LogP contribution in [-0.2, 0) is 6.61 Å². The van der Waals surface area contributed by atoms with E-state index in [0.717, 1.165) is 48.7 Å². The molecule has 5 rings (SSSR count). The molecule has 0 radical (unpaired) electrons. The molecule has 4 aromatic rings. The van der Waals surface area contributed by atoms with Crippen molar-refractivity contribution >= 4 is 16.5 Å². The van der Waals surface area contributed by atoms with E-state index in [0.29, 0.717) is 6.61 Å². The van der Waals surface area contributed by atoms with E-state index in [2.05, 4.69) is 75.3 Å². The van der Waals surface area contributed by atoms with Gasteiger partial charge in [-0.2, -0.15) is 0 Å². The highest BCUT2D eigenvalue weighted by Gasteiger charge is 2.16. The molecule has 1 fully saturated rings. The third-order valence-corrected chi connectivity index (χ3v) is 5.93. The van der Waals surface area contributed by atoms with E-state index in [-0.39, 0.29) is 0 Å². The maximum atomic E-state index is 6.25. The quantitative estimate of drug-likeness (QED) is 0.480. The molecule has 156 valence electrons. The molecule has 5 nitrogen and oxygen atoms in total. The standard InChI is InChI=1S/C26H26N4O/c1-29-13-15-30(16-14-29)26-8-4-6-20-9-10-22(17-24(20)26)31-19-21-5-2-3-7-23(21)25-18-27-11-12-28-25/h2-12,17-18H,13-16,19H2,1H3. The van der Waals surface area contributed by atoms with Crippen LogP contribution in [0.4, 0.5) is 5.69 Å². The number of rotatable bonds is 5. The summed E-state index contributed by atoms with van der Waals surface area (Å²) < 4.78 is 6.25. The highest BCUT2D eigenvalue weighted by molar-refractivity contribution is 5.95. The fourth-order valence-corrected chi connectivity index (χ4v) is 4.14. The van der Waals surface area contributed by atoms with Gasteiger partial charge in [0.05, 0.1) is 11.9 Å². The molecule has 31 heavy (non-hydrogen) atoms. The summed E-state index contributed by atoms with van der Waals surface area (Å²) >= 11 is 0. The molecular formula is C26H26N4O. The van der Waals surface area contributed by atoms with Gasteiger partial charge in [0.15, 0.2) is 0 Å². The minimum atomic E-state index is 0.481. The van der Waals surface area contributed by atoms with Crippen molar-refractivity contribution in [1.82, 2.24) is 14.9 Å². The summed E-state index contributed by atoms with van der Waals surface area (Å²) in [7, 11) is 2.19. The number of fused-ring (bicyclic) bond motifs is 1. The van der Waals surface area contributed by atoms with Gasteiger partial charge in [-0.05, 0) is 36.2 Å². The predicted octanol–water partition coefficient (Wildman–Crippen LogP) is 4.63. The molecule has 3 aromatic carbocycles. The molecule has 0 saturated carbocycles. The number of piperazine rings is 1. The van der Waals surface area contributed by atoms with Gasteiger partial charge >= 0.3 is 0 Å². The first-order valence-electron chi connectivity index (χ1n) is 10.7. The first kappa shape index (κ1) is 19.5. The summed E-state index contributed by atoms with van der Waals surface area (Å²) in [5.74, 6) is 0.878. The topological polar surface area (TPSA) is 41.5 Å². The monoisotopic (exact) mass is 410 g/mol. The van der Waals surface area contributed by atoms with Gasteiger partial charge in [0.2, 0.25) is 0 Å². The van der Waals surface area contributed by atoms with Crippen molar-refractivity contribution in [3.63, 3.8) is 0 Å². The van der Waals surface area contributed by atoms with Gasteiger partial charge in [0, 0.05) is 55.2 Å². The summed E-state index contributed by atoms with van der Waals surface area (Å²) in [6.07, 6.45) is 5.20. The Labute approximate surface area is 182 Å². The fourth-order valence-electron chi connectivity index (χ4n) is 4.14. The zero-order chi connectivity index (χ0) is 21.0. The van der Waals surface area contributed by atoms with Crippen LogP contribution in [0.15, 0.2) is 79.3 Å². The molecule has 1 aromatic heterocycles. The Morgan fingerprint density at radius 1 is 0.903 bits per heavy atom. The van der Waals surface area contributed by atoms with Gasteiger partial charge in [0.1, 0.15) is 12.4 Å². The lowest BCUT2D eigenvalue weighted by molar-refractivity contribution is 0.307. The van der Waals surface area contributed by atoms with Crippen LogP contribution in [0.5, 0.6) is 5.75 Å². The minimum Gasteiger partial charge on any atom is -0.489 e. The van der Waals surface area contributed by atoms with Crippen molar-refractivity contribution in [2.45, 2.75) is 6.61 Å². The van der Waals surface area contributed by atoms with Crippen LogP contribution < -0.4 is 9.64 Å². The van der Waals surface area contributed by atoms with Crippen LogP contribution >= 0.6 is 0 Å². The smallest absolute Gasteiger partial charge is 0.120 e. The second kappa shape index (κ2) is 8.74. The van der Waals surface area contributed by atoms with Gasteiger partial charge in [-0.15, -0.1) is 0 Å². The highest BCUT2D eigenvalue weighted by atomic mass is 16.5. The number of anilines is 1. The number of aromatic nitrogens is 2. The van der Waals surface area contributed by atoms with Crippen LogP contribution in [-0.4, -0.2) is 48.1 Å². The number of ether oxygens (including phenoxy) is 1. The summed E-state index contributed by atoms with van der Waals surface area (Å²) in [6, 6.07) is 21.1. The van der Waals surface area contributed by atoms with E-state index in [1.807, 2.05) is 12.1 Å². The van der Waals surface area contributed by atoms with Crippen LogP contribution in [0, 0.1) is 0 Å². The van der Waals surface area contributed by atoms with Crippen LogP contribution in [0.1, 0.15) is 5.56 Å².